The number of benzene rings is 3. The van der Waals surface area contributed by atoms with Gasteiger partial charge in [0.1, 0.15) is 5.75 Å². The molecule has 0 atom stereocenters. The van der Waals surface area contributed by atoms with E-state index >= 15 is 0 Å². The number of nitrogens with zero attached hydrogens (tertiary/aromatic N) is 1. The van der Waals surface area contributed by atoms with Gasteiger partial charge in [-0.15, -0.1) is 0 Å². The molecule has 0 spiro atoms. The van der Waals surface area contributed by atoms with Crippen LogP contribution in [0, 0.1) is 0 Å². The topological polar surface area (TPSA) is 61.7 Å². The second-order valence-corrected chi connectivity index (χ2v) is 5.21. The van der Waals surface area contributed by atoms with Crippen LogP contribution in [0.4, 0.5) is 0 Å². The third-order valence-corrected chi connectivity index (χ3v) is 3.63. The maximum atomic E-state index is 12.1. The highest BCUT2D eigenvalue weighted by Gasteiger charge is 2.06. The summed E-state index contributed by atoms with van der Waals surface area (Å²) < 4.78 is 0. The minimum Gasteiger partial charge on any atom is -0.508 e. The average molecular weight is 304 g/mol. The molecule has 0 heterocycles. The fourth-order valence-corrected chi connectivity index (χ4v) is 2.41. The zero-order chi connectivity index (χ0) is 16.2. The molecule has 3 rings (SSSR count). The van der Waals surface area contributed by atoms with Crippen molar-refractivity contribution in [2.45, 2.75) is 6.92 Å². The molecule has 0 aliphatic carbocycles. The van der Waals surface area contributed by atoms with Gasteiger partial charge in [0, 0.05) is 11.1 Å². The average Bonchev–Trinajstić information content (AvgIpc) is 2.59. The minimum atomic E-state index is -0.315. The first-order valence-electron chi connectivity index (χ1n) is 7.27. The standard InChI is InChI=1S/C19H16N2O2/c1-13(17-8-4-6-14-5-2-3-7-18(14)17)20-21-19(23)15-9-11-16(22)12-10-15/h2-12,22H,1H3,(H,21,23)/b20-13+. The van der Waals surface area contributed by atoms with Crippen LogP contribution in [0.15, 0.2) is 71.8 Å². The quantitative estimate of drug-likeness (QED) is 0.572. The van der Waals surface area contributed by atoms with Gasteiger partial charge in [0.2, 0.25) is 0 Å². The number of rotatable bonds is 3. The molecule has 4 nitrogen and oxygen atoms in total. The van der Waals surface area contributed by atoms with Crippen LogP contribution in [0.1, 0.15) is 22.8 Å². The highest BCUT2D eigenvalue weighted by molar-refractivity contribution is 6.10. The molecule has 0 saturated carbocycles. The van der Waals surface area contributed by atoms with Gasteiger partial charge in [0.15, 0.2) is 0 Å². The second-order valence-electron chi connectivity index (χ2n) is 5.21. The lowest BCUT2D eigenvalue weighted by Crippen LogP contribution is -2.19. The Kier molecular flexibility index (Phi) is 4.06. The van der Waals surface area contributed by atoms with E-state index in [9.17, 15) is 9.90 Å². The van der Waals surface area contributed by atoms with Gasteiger partial charge in [-0.2, -0.15) is 5.10 Å². The Hall–Kier alpha value is -3.14. The summed E-state index contributed by atoms with van der Waals surface area (Å²) in [4.78, 5) is 12.1. The number of hydrogen-bond acceptors (Lipinski definition) is 3. The maximum absolute atomic E-state index is 12.1. The molecular formula is C19H16N2O2. The number of amides is 1. The van der Waals surface area contributed by atoms with Crippen molar-refractivity contribution in [1.82, 2.24) is 5.43 Å². The molecule has 0 radical (unpaired) electrons. The summed E-state index contributed by atoms with van der Waals surface area (Å²) in [6.45, 7) is 1.86. The van der Waals surface area contributed by atoms with Crippen molar-refractivity contribution < 1.29 is 9.90 Å². The Morgan fingerprint density at radius 2 is 1.65 bits per heavy atom. The molecule has 4 heteroatoms. The summed E-state index contributed by atoms with van der Waals surface area (Å²) in [5.41, 5.74) is 4.70. The first-order valence-corrected chi connectivity index (χ1v) is 7.27. The smallest absolute Gasteiger partial charge is 0.271 e. The molecule has 3 aromatic carbocycles. The summed E-state index contributed by atoms with van der Waals surface area (Å²) in [6, 6.07) is 20.1. The molecule has 114 valence electrons. The van der Waals surface area contributed by atoms with Gasteiger partial charge in [0.05, 0.1) is 5.71 Å². The molecular weight excluding hydrogens is 288 g/mol. The van der Waals surface area contributed by atoms with E-state index in [1.54, 1.807) is 12.1 Å². The van der Waals surface area contributed by atoms with Crippen molar-refractivity contribution in [1.29, 1.82) is 0 Å². The molecule has 0 fully saturated rings. The van der Waals surface area contributed by atoms with Gasteiger partial charge in [0.25, 0.3) is 5.91 Å². The third-order valence-electron chi connectivity index (χ3n) is 3.63. The van der Waals surface area contributed by atoms with Crippen LogP contribution in [-0.2, 0) is 0 Å². The number of phenols is 1. The van der Waals surface area contributed by atoms with E-state index in [1.165, 1.54) is 12.1 Å². The van der Waals surface area contributed by atoms with Crippen LogP contribution in [0.2, 0.25) is 0 Å². The van der Waals surface area contributed by atoms with Crippen molar-refractivity contribution in [2.24, 2.45) is 5.10 Å². The molecule has 0 aliphatic heterocycles. The summed E-state index contributed by atoms with van der Waals surface area (Å²) in [6.07, 6.45) is 0. The lowest BCUT2D eigenvalue weighted by molar-refractivity contribution is 0.0955. The molecule has 3 aromatic rings. The zero-order valence-electron chi connectivity index (χ0n) is 12.7. The lowest BCUT2D eigenvalue weighted by atomic mass is 10.0. The van der Waals surface area contributed by atoms with Crippen LogP contribution in [0.25, 0.3) is 10.8 Å². The normalized spacial score (nSPS) is 11.4. The van der Waals surface area contributed by atoms with E-state index in [-0.39, 0.29) is 11.7 Å². The van der Waals surface area contributed by atoms with Crippen LogP contribution in [0.5, 0.6) is 5.75 Å². The monoisotopic (exact) mass is 304 g/mol. The summed E-state index contributed by atoms with van der Waals surface area (Å²) in [5, 5.41) is 15.7. The van der Waals surface area contributed by atoms with Crippen LogP contribution in [-0.4, -0.2) is 16.7 Å². The molecule has 0 unspecified atom stereocenters. The van der Waals surface area contributed by atoms with Gasteiger partial charge in [-0.05, 0) is 42.0 Å². The third kappa shape index (κ3) is 3.21. The summed E-state index contributed by atoms with van der Waals surface area (Å²) in [5.74, 6) is -0.193. The number of hydrogen-bond donors (Lipinski definition) is 2. The second kappa shape index (κ2) is 6.32. The van der Waals surface area contributed by atoms with Crippen molar-refractivity contribution >= 4 is 22.4 Å². The Balaban J connectivity index is 1.84. The largest absolute Gasteiger partial charge is 0.508 e. The van der Waals surface area contributed by atoms with Gasteiger partial charge in [-0.3, -0.25) is 4.79 Å². The first-order chi connectivity index (χ1) is 11.1. The fraction of sp³-hybridized carbons (Fsp3) is 0.0526. The molecule has 0 aliphatic rings. The van der Waals surface area contributed by atoms with E-state index < -0.39 is 0 Å². The van der Waals surface area contributed by atoms with Gasteiger partial charge >= 0.3 is 0 Å². The van der Waals surface area contributed by atoms with E-state index in [0.29, 0.717) is 5.56 Å². The van der Waals surface area contributed by atoms with Crippen LogP contribution < -0.4 is 5.43 Å². The molecule has 0 saturated heterocycles. The van der Waals surface area contributed by atoms with Crippen molar-refractivity contribution in [3.05, 3.63) is 77.9 Å². The molecule has 0 aromatic heterocycles. The predicted molar refractivity (Wildman–Crippen MR) is 91.7 cm³/mol. The maximum Gasteiger partial charge on any atom is 0.271 e. The Morgan fingerprint density at radius 1 is 0.957 bits per heavy atom. The number of fused-ring (bicyclic) bond motifs is 1. The number of hydrazone groups is 1. The van der Waals surface area contributed by atoms with Gasteiger partial charge in [-0.1, -0.05) is 42.5 Å². The van der Waals surface area contributed by atoms with E-state index in [0.717, 1.165) is 22.0 Å². The Bertz CT molecular complexity index is 878. The zero-order valence-corrected chi connectivity index (χ0v) is 12.7. The Labute approximate surface area is 134 Å². The number of phenolic OH excluding ortho intramolecular Hbond substituents is 1. The Morgan fingerprint density at radius 3 is 2.43 bits per heavy atom. The highest BCUT2D eigenvalue weighted by Crippen LogP contribution is 2.19. The van der Waals surface area contributed by atoms with Crippen LogP contribution >= 0.6 is 0 Å². The summed E-state index contributed by atoms with van der Waals surface area (Å²) >= 11 is 0. The van der Waals surface area contributed by atoms with Crippen LogP contribution in [0.3, 0.4) is 0 Å². The molecule has 0 bridgehead atoms. The number of carbonyl (C=O) groups excluding carboxylic acids is 1. The number of aromatic hydroxyl groups is 1. The fourth-order valence-electron chi connectivity index (χ4n) is 2.41. The van der Waals surface area contributed by atoms with E-state index in [1.807, 2.05) is 49.4 Å². The SMILES string of the molecule is C/C(=N\NC(=O)c1ccc(O)cc1)c1cccc2ccccc12. The molecule has 2 N–H and O–H groups in total. The molecule has 23 heavy (non-hydrogen) atoms. The van der Waals surface area contributed by atoms with Crippen molar-refractivity contribution in [3.8, 4) is 5.75 Å². The predicted octanol–water partition coefficient (Wildman–Crippen LogP) is 3.70. The lowest BCUT2D eigenvalue weighted by Gasteiger charge is -2.07. The van der Waals surface area contributed by atoms with Crippen molar-refractivity contribution in [3.63, 3.8) is 0 Å². The van der Waals surface area contributed by atoms with Gasteiger partial charge in [-0.25, -0.2) is 5.43 Å². The van der Waals surface area contributed by atoms with Crippen molar-refractivity contribution in [2.75, 3.05) is 0 Å². The summed E-state index contributed by atoms with van der Waals surface area (Å²) in [7, 11) is 0. The first kappa shape index (κ1) is 14.8. The number of nitrogens with one attached hydrogen (secondary N) is 1. The molecule has 1 amide bonds. The minimum absolute atomic E-state index is 0.122. The number of carbonyl (C=O) groups is 1. The van der Waals surface area contributed by atoms with E-state index in [2.05, 4.69) is 10.5 Å². The van der Waals surface area contributed by atoms with Gasteiger partial charge < -0.3 is 5.11 Å². The highest BCUT2D eigenvalue weighted by atomic mass is 16.3. The van der Waals surface area contributed by atoms with E-state index in [4.69, 9.17) is 0 Å².